The molecule has 4 atom stereocenters. The smallest absolute Gasteiger partial charge is 0.330 e. The fraction of sp³-hybridized carbons (Fsp3) is 0.810. The fourth-order valence-electron chi connectivity index (χ4n) is 3.76. The van der Waals surface area contributed by atoms with Crippen molar-refractivity contribution in [1.82, 2.24) is 5.32 Å². The van der Waals surface area contributed by atoms with Gasteiger partial charge in [0.25, 0.3) is 5.24 Å². The van der Waals surface area contributed by atoms with E-state index in [-0.39, 0.29) is 23.7 Å². The summed E-state index contributed by atoms with van der Waals surface area (Å²) >= 11 is 1.14. The molecule has 0 aliphatic carbocycles. The van der Waals surface area contributed by atoms with E-state index in [2.05, 4.69) is 19.2 Å². The maximum atomic E-state index is 12.3. The second-order valence-corrected chi connectivity index (χ2v) is 8.96. The van der Waals surface area contributed by atoms with Crippen LogP contribution in [0.1, 0.15) is 78.6 Å². The lowest BCUT2D eigenvalue weighted by Gasteiger charge is -2.43. The van der Waals surface area contributed by atoms with Gasteiger partial charge in [0.15, 0.2) is 5.79 Å². The monoisotopic (exact) mass is 413 g/mol. The number of unbranched alkanes of at least 4 members (excludes halogenated alkanes) is 3. The van der Waals surface area contributed by atoms with Crippen molar-refractivity contribution in [3.8, 4) is 0 Å². The van der Waals surface area contributed by atoms with Gasteiger partial charge < -0.3 is 19.9 Å². The van der Waals surface area contributed by atoms with Gasteiger partial charge in [-0.3, -0.25) is 4.79 Å². The Bertz CT molecular complexity index is 567. The van der Waals surface area contributed by atoms with E-state index in [1.54, 1.807) is 6.08 Å². The van der Waals surface area contributed by atoms with Gasteiger partial charge in [-0.25, -0.2) is 4.79 Å². The van der Waals surface area contributed by atoms with Crippen molar-refractivity contribution >= 4 is 23.0 Å². The average molecular weight is 414 g/mol. The first-order chi connectivity index (χ1) is 13.4. The molecule has 1 amide bonds. The third kappa shape index (κ3) is 7.08. The molecule has 0 radical (unpaired) electrons. The van der Waals surface area contributed by atoms with Crippen molar-refractivity contribution in [3.05, 3.63) is 11.6 Å². The number of nitrogens with one attached hydrogen (secondary N) is 1. The lowest BCUT2D eigenvalue weighted by molar-refractivity contribution is -0.283. The fourth-order valence-corrected chi connectivity index (χ4v) is 4.64. The zero-order chi connectivity index (χ0) is 20.6. The van der Waals surface area contributed by atoms with Gasteiger partial charge in [-0.1, -0.05) is 56.9 Å². The van der Waals surface area contributed by atoms with Gasteiger partial charge in [0.05, 0.1) is 12.1 Å². The quantitative estimate of drug-likeness (QED) is 0.315. The normalized spacial score (nSPS) is 30.9. The van der Waals surface area contributed by atoms with Crippen LogP contribution in [0.25, 0.3) is 0 Å². The lowest BCUT2D eigenvalue weighted by atomic mass is 9.91. The van der Waals surface area contributed by atoms with Crippen LogP contribution in [0.2, 0.25) is 0 Å². The molecule has 2 aliphatic heterocycles. The lowest BCUT2D eigenvalue weighted by Crippen LogP contribution is -2.58. The molecular weight excluding hydrogens is 378 g/mol. The van der Waals surface area contributed by atoms with Crippen LogP contribution >= 0.6 is 11.8 Å². The molecule has 0 aromatic carbocycles. The number of carbonyl (C=O) groups is 2. The Hall–Kier alpha value is -1.05. The second-order valence-electron chi connectivity index (χ2n) is 7.97. The van der Waals surface area contributed by atoms with Gasteiger partial charge in [0.2, 0.25) is 0 Å². The Balaban J connectivity index is 2.02. The first kappa shape index (κ1) is 23.2. The van der Waals surface area contributed by atoms with E-state index in [0.717, 1.165) is 62.3 Å². The van der Waals surface area contributed by atoms with E-state index in [1.165, 1.54) is 0 Å². The maximum absolute atomic E-state index is 12.3. The zero-order valence-electron chi connectivity index (χ0n) is 17.4. The van der Waals surface area contributed by atoms with Crippen molar-refractivity contribution in [2.24, 2.45) is 0 Å². The summed E-state index contributed by atoms with van der Waals surface area (Å²) in [5, 5.41) is 13.8. The molecule has 1 unspecified atom stereocenters. The van der Waals surface area contributed by atoms with Gasteiger partial charge in [-0.2, -0.15) is 0 Å². The van der Waals surface area contributed by atoms with Crippen molar-refractivity contribution in [3.63, 3.8) is 0 Å². The third-order valence-electron chi connectivity index (χ3n) is 5.34. The summed E-state index contributed by atoms with van der Waals surface area (Å²) in [6.07, 6.45) is 8.73. The molecule has 160 valence electrons. The van der Waals surface area contributed by atoms with Crippen LogP contribution < -0.4 is 5.32 Å². The maximum Gasteiger partial charge on any atom is 0.330 e. The van der Waals surface area contributed by atoms with Gasteiger partial charge in [-0.15, -0.1) is 0 Å². The summed E-state index contributed by atoms with van der Waals surface area (Å²) in [6.45, 7) is 6.20. The van der Waals surface area contributed by atoms with Crippen molar-refractivity contribution in [1.29, 1.82) is 0 Å². The molecule has 0 aromatic heterocycles. The highest BCUT2D eigenvalue weighted by atomic mass is 32.2. The van der Waals surface area contributed by atoms with Crippen LogP contribution in [0.3, 0.4) is 0 Å². The molecule has 0 saturated carbocycles. The summed E-state index contributed by atoms with van der Waals surface area (Å²) in [5.74, 6) is -1.41. The first-order valence-corrected chi connectivity index (χ1v) is 11.6. The number of hydrogen-bond donors (Lipinski definition) is 2. The molecule has 7 heteroatoms. The van der Waals surface area contributed by atoms with E-state index in [1.807, 2.05) is 6.92 Å². The third-order valence-corrected chi connectivity index (χ3v) is 6.22. The molecule has 2 rings (SSSR count). The van der Waals surface area contributed by atoms with Gasteiger partial charge in [0.1, 0.15) is 6.10 Å². The van der Waals surface area contributed by atoms with Crippen molar-refractivity contribution < 1.29 is 24.2 Å². The molecule has 6 nitrogen and oxygen atoms in total. The predicted octanol–water partition coefficient (Wildman–Crippen LogP) is 4.31. The number of ether oxygens (including phenoxy) is 2. The largest absolute Gasteiger partial charge is 0.459 e. The number of allylic oxidation sites excluding steroid dienone is 1. The Labute approximate surface area is 172 Å². The highest BCUT2D eigenvalue weighted by molar-refractivity contribution is 8.14. The summed E-state index contributed by atoms with van der Waals surface area (Å²) in [5.41, 5.74) is 1.01. The predicted molar refractivity (Wildman–Crippen MR) is 111 cm³/mol. The molecule has 2 N–H and O–H groups in total. The number of carbonyl (C=O) groups excluding carboxylic acids is 2. The number of aliphatic hydroxyl groups is 1. The number of hydrogen-bond acceptors (Lipinski definition) is 6. The van der Waals surface area contributed by atoms with Gasteiger partial charge in [-0.05, 0) is 26.2 Å². The highest BCUT2D eigenvalue weighted by Gasteiger charge is 2.49. The Morgan fingerprint density at radius 3 is 2.75 bits per heavy atom. The van der Waals surface area contributed by atoms with Crippen LogP contribution in [-0.2, 0) is 14.3 Å². The summed E-state index contributed by atoms with van der Waals surface area (Å²) in [7, 11) is 0. The van der Waals surface area contributed by atoms with Crippen LogP contribution in [0, 0.1) is 0 Å². The Kier molecular flexibility index (Phi) is 9.31. The molecule has 0 bridgehead atoms. The highest BCUT2D eigenvalue weighted by Crippen LogP contribution is 2.36. The van der Waals surface area contributed by atoms with Crippen LogP contribution in [0.5, 0.6) is 0 Å². The summed E-state index contributed by atoms with van der Waals surface area (Å²) < 4.78 is 11.7. The van der Waals surface area contributed by atoms with Gasteiger partial charge >= 0.3 is 5.97 Å². The molecular formula is C21H35NO5S. The van der Waals surface area contributed by atoms with Crippen LogP contribution in [0.4, 0.5) is 4.79 Å². The van der Waals surface area contributed by atoms with E-state index >= 15 is 0 Å². The molecule has 28 heavy (non-hydrogen) atoms. The standard InChI is InChI=1S/C21H35NO5S/c1-4-6-8-10-16-12-17(26-19(23)11-15(3)9-7-5-2)13-21(25,27-16)18-14-28-20(24)22-18/h11,16-18,25H,4-10,12-14H2,1-3H3,(H,22,24)/t16-,17?,18+,21-/m1/s1. The van der Waals surface area contributed by atoms with E-state index < -0.39 is 17.9 Å². The van der Waals surface area contributed by atoms with Crippen molar-refractivity contribution in [2.75, 3.05) is 5.75 Å². The molecule has 0 aromatic rings. The first-order valence-electron chi connectivity index (χ1n) is 10.6. The SMILES string of the molecule is CCCCC[C@@H]1CC(OC(=O)C=C(C)CCCC)C[C@](O)([C@@H]2CSC(=O)N2)O1. The minimum Gasteiger partial charge on any atom is -0.459 e. The number of esters is 1. The number of thioether (sulfide) groups is 1. The Morgan fingerprint density at radius 1 is 1.36 bits per heavy atom. The van der Waals surface area contributed by atoms with E-state index in [0.29, 0.717) is 12.2 Å². The van der Waals surface area contributed by atoms with Crippen molar-refractivity contribution in [2.45, 2.75) is 103 Å². The molecule has 0 spiro atoms. The second kappa shape index (κ2) is 11.2. The molecule has 2 fully saturated rings. The molecule has 2 saturated heterocycles. The van der Waals surface area contributed by atoms with E-state index in [9.17, 15) is 14.7 Å². The molecule has 2 heterocycles. The van der Waals surface area contributed by atoms with Crippen LogP contribution in [-0.4, -0.2) is 46.1 Å². The summed E-state index contributed by atoms with van der Waals surface area (Å²) in [6, 6.07) is -0.484. The summed E-state index contributed by atoms with van der Waals surface area (Å²) in [4.78, 5) is 23.9. The van der Waals surface area contributed by atoms with Crippen LogP contribution in [0.15, 0.2) is 11.6 Å². The molecule has 2 aliphatic rings. The minimum absolute atomic E-state index is 0.154. The zero-order valence-corrected chi connectivity index (χ0v) is 18.2. The average Bonchev–Trinajstić information content (AvgIpc) is 3.07. The minimum atomic E-state index is -1.50. The topological polar surface area (TPSA) is 84.9 Å². The number of amides is 1. The van der Waals surface area contributed by atoms with E-state index in [4.69, 9.17) is 9.47 Å². The Morgan fingerprint density at radius 2 is 2.11 bits per heavy atom. The van der Waals surface area contributed by atoms with Gasteiger partial charge in [0, 0.05) is 24.7 Å². The number of rotatable bonds is 10.